The van der Waals surface area contributed by atoms with Gasteiger partial charge in [0.2, 0.25) is 0 Å². The first kappa shape index (κ1) is 14.6. The molecule has 0 radical (unpaired) electrons. The lowest BCUT2D eigenvalue weighted by Gasteiger charge is -2.28. The number of fused-ring (bicyclic) bond motifs is 3. The van der Waals surface area contributed by atoms with Crippen LogP contribution in [-0.4, -0.2) is 59.8 Å². The number of esters is 2. The van der Waals surface area contributed by atoms with Crippen molar-refractivity contribution in [2.24, 2.45) is 0 Å². The number of hydrogen-bond donors (Lipinski definition) is 1. The van der Waals surface area contributed by atoms with Gasteiger partial charge >= 0.3 is 11.9 Å². The van der Waals surface area contributed by atoms with E-state index in [0.717, 1.165) is 0 Å². The van der Waals surface area contributed by atoms with Crippen LogP contribution in [0.3, 0.4) is 0 Å². The van der Waals surface area contributed by atoms with Crippen LogP contribution in [0.25, 0.3) is 0 Å². The molecule has 0 amide bonds. The van der Waals surface area contributed by atoms with Crippen molar-refractivity contribution in [1.82, 2.24) is 0 Å². The second-order valence-corrected chi connectivity index (χ2v) is 6.02. The number of hydrogen-bond acceptors (Lipinski definition) is 7. The van der Waals surface area contributed by atoms with Crippen molar-refractivity contribution in [2.45, 2.75) is 43.0 Å². The number of benzene rings is 1. The zero-order valence-corrected chi connectivity index (χ0v) is 12.4. The second kappa shape index (κ2) is 5.02. The van der Waals surface area contributed by atoms with Gasteiger partial charge in [0.25, 0.3) is 0 Å². The van der Waals surface area contributed by atoms with Crippen molar-refractivity contribution >= 4 is 11.9 Å². The quantitative estimate of drug-likeness (QED) is 0.618. The molecule has 4 rings (SSSR count). The summed E-state index contributed by atoms with van der Waals surface area (Å²) in [6.07, 6.45) is -2.80. The van der Waals surface area contributed by atoms with Crippen LogP contribution in [0.4, 0.5) is 0 Å². The van der Waals surface area contributed by atoms with Crippen LogP contribution in [-0.2, 0) is 23.7 Å². The molecule has 2 aliphatic heterocycles. The van der Waals surface area contributed by atoms with Crippen molar-refractivity contribution in [1.29, 1.82) is 0 Å². The van der Waals surface area contributed by atoms with Gasteiger partial charge in [0.05, 0.1) is 5.56 Å². The molecule has 6 atom stereocenters. The molecule has 1 aromatic carbocycles. The Morgan fingerprint density at radius 3 is 2.70 bits per heavy atom. The molecular weight excluding hydrogens is 304 g/mol. The van der Waals surface area contributed by atoms with Gasteiger partial charge < -0.3 is 24.1 Å². The van der Waals surface area contributed by atoms with Crippen LogP contribution in [0.15, 0.2) is 30.3 Å². The number of carbonyl (C=O) groups is 2. The highest BCUT2D eigenvalue weighted by Crippen LogP contribution is 2.56. The summed E-state index contributed by atoms with van der Waals surface area (Å²) in [6.45, 7) is 1.16. The van der Waals surface area contributed by atoms with Gasteiger partial charge in [-0.25, -0.2) is 4.79 Å². The van der Waals surface area contributed by atoms with E-state index in [-0.39, 0.29) is 24.9 Å². The topological polar surface area (TPSA) is 97.9 Å². The van der Waals surface area contributed by atoms with Crippen LogP contribution < -0.4 is 0 Å². The molecule has 1 aromatic rings. The standard InChI is InChI=1S/C16H16O7/c1-8(17)21-11-10-12(22-10)14-16(23-14,13(11)18)7-20-15(19)9-5-3-2-4-6-9/h2-6,10-14,18H,7H2,1H3/t10-,11-,12+,13-,14+,16+/m0/s1. The van der Waals surface area contributed by atoms with Crippen LogP contribution in [0, 0.1) is 0 Å². The number of aliphatic hydroxyl groups is 1. The van der Waals surface area contributed by atoms with Crippen molar-refractivity contribution in [3.63, 3.8) is 0 Å². The van der Waals surface area contributed by atoms with E-state index in [4.69, 9.17) is 18.9 Å². The Hall–Kier alpha value is -1.96. The minimum Gasteiger partial charge on any atom is -0.459 e. The number of ether oxygens (including phenoxy) is 4. The summed E-state index contributed by atoms with van der Waals surface area (Å²) < 4.78 is 21.4. The number of rotatable bonds is 4. The van der Waals surface area contributed by atoms with E-state index in [1.54, 1.807) is 30.3 Å². The fourth-order valence-electron chi connectivity index (χ4n) is 3.25. The highest BCUT2D eigenvalue weighted by atomic mass is 16.7. The molecule has 1 saturated carbocycles. The summed E-state index contributed by atoms with van der Waals surface area (Å²) in [4.78, 5) is 23.2. The van der Waals surface area contributed by atoms with Gasteiger partial charge in [-0.05, 0) is 12.1 Å². The highest BCUT2D eigenvalue weighted by molar-refractivity contribution is 5.89. The minimum atomic E-state index is -1.09. The molecular formula is C16H16O7. The molecule has 0 unspecified atom stereocenters. The molecule has 23 heavy (non-hydrogen) atoms. The highest BCUT2D eigenvalue weighted by Gasteiger charge is 2.79. The lowest BCUT2D eigenvalue weighted by molar-refractivity contribution is -0.158. The molecule has 122 valence electrons. The molecule has 1 aliphatic carbocycles. The molecule has 7 heteroatoms. The van der Waals surface area contributed by atoms with Crippen molar-refractivity contribution in [3.05, 3.63) is 35.9 Å². The zero-order chi connectivity index (χ0) is 16.2. The first-order valence-corrected chi connectivity index (χ1v) is 7.44. The van der Waals surface area contributed by atoms with Crippen LogP contribution in [0.5, 0.6) is 0 Å². The van der Waals surface area contributed by atoms with Crippen LogP contribution >= 0.6 is 0 Å². The predicted octanol–water partition coefficient (Wildman–Crippen LogP) is 0.0546. The SMILES string of the molecule is CC(=O)O[C@H]1[C@@H]2O[C@H]2[C@H]2O[C@]2(COC(=O)c2ccccc2)[C@H]1O. The maximum absolute atomic E-state index is 12.0. The summed E-state index contributed by atoms with van der Waals surface area (Å²) in [5.74, 6) is -0.997. The molecule has 2 saturated heterocycles. The largest absolute Gasteiger partial charge is 0.459 e. The smallest absolute Gasteiger partial charge is 0.338 e. The van der Waals surface area contributed by atoms with E-state index in [9.17, 15) is 14.7 Å². The Kier molecular flexibility index (Phi) is 3.19. The molecule has 2 heterocycles. The number of epoxide rings is 2. The molecule has 0 spiro atoms. The molecule has 7 nitrogen and oxygen atoms in total. The van der Waals surface area contributed by atoms with E-state index in [0.29, 0.717) is 5.56 Å². The van der Waals surface area contributed by atoms with Crippen molar-refractivity contribution < 1.29 is 33.6 Å². The Morgan fingerprint density at radius 2 is 2.00 bits per heavy atom. The third-order valence-electron chi connectivity index (χ3n) is 4.51. The molecule has 3 fully saturated rings. The Bertz CT molecular complexity index is 645. The minimum absolute atomic E-state index is 0.114. The average molecular weight is 320 g/mol. The van der Waals surface area contributed by atoms with E-state index in [1.165, 1.54) is 6.92 Å². The third-order valence-corrected chi connectivity index (χ3v) is 4.51. The number of aliphatic hydroxyl groups excluding tert-OH is 1. The van der Waals surface area contributed by atoms with Gasteiger partial charge in [0.15, 0.2) is 11.7 Å². The molecule has 1 N–H and O–H groups in total. The predicted molar refractivity (Wildman–Crippen MR) is 74.6 cm³/mol. The third kappa shape index (κ3) is 2.32. The lowest BCUT2D eigenvalue weighted by Crippen LogP contribution is -2.53. The van der Waals surface area contributed by atoms with Gasteiger partial charge in [-0.2, -0.15) is 0 Å². The first-order valence-electron chi connectivity index (χ1n) is 7.44. The Balaban J connectivity index is 1.45. The fraction of sp³-hybridized carbons (Fsp3) is 0.500. The maximum Gasteiger partial charge on any atom is 0.338 e. The summed E-state index contributed by atoms with van der Waals surface area (Å²) in [5, 5.41) is 10.5. The first-order chi connectivity index (χ1) is 11.0. The van der Waals surface area contributed by atoms with Crippen molar-refractivity contribution in [2.75, 3.05) is 6.61 Å². The Labute approximate surface area is 132 Å². The lowest BCUT2D eigenvalue weighted by atomic mass is 9.84. The monoisotopic (exact) mass is 320 g/mol. The van der Waals surface area contributed by atoms with Gasteiger partial charge in [-0.15, -0.1) is 0 Å². The van der Waals surface area contributed by atoms with E-state index >= 15 is 0 Å². The van der Waals surface area contributed by atoms with Crippen molar-refractivity contribution in [3.8, 4) is 0 Å². The molecule has 3 aliphatic rings. The second-order valence-electron chi connectivity index (χ2n) is 6.02. The zero-order valence-electron chi connectivity index (χ0n) is 12.4. The van der Waals surface area contributed by atoms with Crippen LogP contribution in [0.1, 0.15) is 17.3 Å². The number of carbonyl (C=O) groups excluding carboxylic acids is 2. The average Bonchev–Trinajstić information content (AvgIpc) is 3.42. The van der Waals surface area contributed by atoms with E-state index in [1.807, 2.05) is 0 Å². The molecule has 0 bridgehead atoms. The van der Waals surface area contributed by atoms with Crippen LogP contribution in [0.2, 0.25) is 0 Å². The molecule has 0 aromatic heterocycles. The van der Waals surface area contributed by atoms with E-state index < -0.39 is 29.7 Å². The van der Waals surface area contributed by atoms with E-state index in [2.05, 4.69) is 0 Å². The summed E-state index contributed by atoms with van der Waals surface area (Å²) in [7, 11) is 0. The normalized spacial score (nSPS) is 39.7. The van der Waals surface area contributed by atoms with Gasteiger partial charge in [-0.1, -0.05) is 18.2 Å². The maximum atomic E-state index is 12.0. The summed E-state index contributed by atoms with van der Waals surface area (Å²) in [5.41, 5.74) is -0.633. The fourth-order valence-corrected chi connectivity index (χ4v) is 3.25. The summed E-state index contributed by atoms with van der Waals surface area (Å²) >= 11 is 0. The Morgan fingerprint density at radius 1 is 1.26 bits per heavy atom. The van der Waals surface area contributed by atoms with Gasteiger partial charge in [-0.3, -0.25) is 4.79 Å². The van der Waals surface area contributed by atoms with Gasteiger partial charge in [0, 0.05) is 6.92 Å². The van der Waals surface area contributed by atoms with Gasteiger partial charge in [0.1, 0.15) is 31.0 Å². The summed E-state index contributed by atoms with van der Waals surface area (Å²) in [6, 6.07) is 8.56.